The van der Waals surface area contributed by atoms with Gasteiger partial charge in [0.25, 0.3) is 5.91 Å². The predicted molar refractivity (Wildman–Crippen MR) is 111 cm³/mol. The van der Waals surface area contributed by atoms with E-state index < -0.39 is 18.0 Å². The average molecular weight is 395 g/mol. The zero-order chi connectivity index (χ0) is 19.9. The molecule has 0 aliphatic rings. The van der Waals surface area contributed by atoms with Crippen molar-refractivity contribution in [1.29, 1.82) is 0 Å². The number of rotatable bonds is 7. The van der Waals surface area contributed by atoms with Crippen LogP contribution in [0.3, 0.4) is 0 Å². The highest BCUT2D eigenvalue weighted by Gasteiger charge is 2.21. The van der Waals surface area contributed by atoms with Crippen LogP contribution >= 0.6 is 11.3 Å². The Morgan fingerprint density at radius 1 is 1.11 bits per heavy atom. The number of anilines is 2. The second-order valence-corrected chi connectivity index (χ2v) is 7.14. The third-order valence-corrected chi connectivity index (χ3v) is 4.77. The van der Waals surface area contributed by atoms with Gasteiger partial charge in [0.05, 0.1) is 0 Å². The molecular formula is C21H21N3O3S. The van der Waals surface area contributed by atoms with Gasteiger partial charge in [0.2, 0.25) is 0 Å². The van der Waals surface area contributed by atoms with Gasteiger partial charge in [0, 0.05) is 17.6 Å². The Morgan fingerprint density at radius 3 is 2.54 bits per heavy atom. The van der Waals surface area contributed by atoms with Gasteiger partial charge >= 0.3 is 5.97 Å². The van der Waals surface area contributed by atoms with Crippen LogP contribution in [0.1, 0.15) is 28.5 Å². The molecule has 0 saturated heterocycles. The topological polar surface area (TPSA) is 80.3 Å². The third kappa shape index (κ3) is 5.40. The second kappa shape index (κ2) is 9.14. The summed E-state index contributed by atoms with van der Waals surface area (Å²) in [4.78, 5) is 28.7. The van der Waals surface area contributed by atoms with Crippen LogP contribution in [-0.4, -0.2) is 23.0 Å². The van der Waals surface area contributed by atoms with E-state index in [1.54, 1.807) is 17.5 Å². The maximum atomic E-state index is 12.3. The molecule has 0 fully saturated rings. The summed E-state index contributed by atoms with van der Waals surface area (Å²) in [6, 6.07) is 17.3. The highest BCUT2D eigenvalue weighted by atomic mass is 32.1. The number of nitrogens with one attached hydrogen (secondary N) is 2. The summed E-state index contributed by atoms with van der Waals surface area (Å²) in [6.07, 6.45) is -0.934. The number of thiazole rings is 1. The van der Waals surface area contributed by atoms with E-state index in [-0.39, 0.29) is 5.69 Å². The Balaban J connectivity index is 1.51. The molecule has 6 nitrogen and oxygen atoms in total. The molecule has 0 radical (unpaired) electrons. The summed E-state index contributed by atoms with van der Waals surface area (Å²) >= 11 is 1.31. The van der Waals surface area contributed by atoms with E-state index in [1.807, 2.05) is 49.4 Å². The first-order valence-electron chi connectivity index (χ1n) is 8.83. The van der Waals surface area contributed by atoms with Gasteiger partial charge in [0.15, 0.2) is 16.9 Å². The highest BCUT2D eigenvalue weighted by Crippen LogP contribution is 2.18. The number of benzene rings is 2. The van der Waals surface area contributed by atoms with Gasteiger partial charge in [-0.3, -0.25) is 4.79 Å². The number of hydrogen-bond acceptors (Lipinski definition) is 6. The first-order chi connectivity index (χ1) is 13.5. The van der Waals surface area contributed by atoms with Crippen LogP contribution in [0.4, 0.5) is 10.8 Å². The summed E-state index contributed by atoms with van der Waals surface area (Å²) in [5.41, 5.74) is 3.04. The minimum absolute atomic E-state index is 0.176. The first kappa shape index (κ1) is 19.6. The molecule has 144 valence electrons. The molecule has 2 N–H and O–H groups in total. The molecule has 7 heteroatoms. The molecule has 3 rings (SSSR count). The van der Waals surface area contributed by atoms with Gasteiger partial charge in [-0.05, 0) is 31.5 Å². The second-order valence-electron chi connectivity index (χ2n) is 6.28. The summed E-state index contributed by atoms with van der Waals surface area (Å²) < 4.78 is 5.24. The van der Waals surface area contributed by atoms with Gasteiger partial charge in [-0.15, -0.1) is 11.3 Å². The number of aromatic nitrogens is 1. The van der Waals surface area contributed by atoms with E-state index >= 15 is 0 Å². The van der Waals surface area contributed by atoms with E-state index in [0.717, 1.165) is 11.1 Å². The average Bonchev–Trinajstić information content (AvgIpc) is 3.18. The summed E-state index contributed by atoms with van der Waals surface area (Å²) in [5, 5.41) is 8.12. The monoisotopic (exact) mass is 395 g/mol. The Labute approximate surface area is 167 Å². The molecular weight excluding hydrogens is 374 g/mol. The quantitative estimate of drug-likeness (QED) is 0.585. The lowest BCUT2D eigenvalue weighted by atomic mass is 10.2. The summed E-state index contributed by atoms with van der Waals surface area (Å²) in [6.45, 7) is 4.10. The molecule has 0 saturated carbocycles. The molecule has 0 aliphatic heterocycles. The molecule has 1 heterocycles. The fourth-order valence-electron chi connectivity index (χ4n) is 2.38. The number of esters is 1. The maximum absolute atomic E-state index is 12.3. The van der Waals surface area contributed by atoms with Crippen molar-refractivity contribution in [2.45, 2.75) is 26.5 Å². The molecule has 0 aliphatic carbocycles. The number of aryl methyl sites for hydroxylation is 1. The van der Waals surface area contributed by atoms with E-state index in [9.17, 15) is 9.59 Å². The summed E-state index contributed by atoms with van der Waals surface area (Å²) in [7, 11) is 0. The SMILES string of the molecule is Cc1ccc(NC(=O)[C@@H](C)OC(=O)c2csc(NCc3ccccc3)n2)cc1. The van der Waals surface area contributed by atoms with Crippen molar-refractivity contribution in [2.24, 2.45) is 0 Å². The Hall–Kier alpha value is -3.19. The molecule has 28 heavy (non-hydrogen) atoms. The minimum Gasteiger partial charge on any atom is -0.448 e. The van der Waals surface area contributed by atoms with Crippen LogP contribution in [0.25, 0.3) is 0 Å². The Kier molecular flexibility index (Phi) is 6.39. The zero-order valence-corrected chi connectivity index (χ0v) is 16.5. The fraction of sp³-hybridized carbons (Fsp3) is 0.190. The van der Waals surface area contributed by atoms with Crippen LogP contribution in [0.5, 0.6) is 0 Å². The van der Waals surface area contributed by atoms with Crippen molar-refractivity contribution >= 4 is 34.0 Å². The maximum Gasteiger partial charge on any atom is 0.358 e. The van der Waals surface area contributed by atoms with Crippen LogP contribution in [0.15, 0.2) is 60.0 Å². The van der Waals surface area contributed by atoms with Gasteiger partial charge in [0.1, 0.15) is 0 Å². The van der Waals surface area contributed by atoms with Crippen molar-refractivity contribution in [3.8, 4) is 0 Å². The molecule has 0 bridgehead atoms. The van der Waals surface area contributed by atoms with Gasteiger partial charge in [-0.2, -0.15) is 0 Å². The lowest BCUT2D eigenvalue weighted by molar-refractivity contribution is -0.123. The van der Waals surface area contributed by atoms with Crippen LogP contribution in [0.2, 0.25) is 0 Å². The lowest BCUT2D eigenvalue weighted by Gasteiger charge is -2.13. The van der Waals surface area contributed by atoms with Crippen molar-refractivity contribution in [3.05, 3.63) is 76.8 Å². The minimum atomic E-state index is -0.934. The standard InChI is InChI=1S/C21H21N3O3S/c1-14-8-10-17(11-9-14)23-19(25)15(2)27-20(26)18-13-28-21(24-18)22-12-16-6-4-3-5-7-16/h3-11,13,15H,12H2,1-2H3,(H,22,24)(H,23,25)/t15-/m1/s1. The highest BCUT2D eigenvalue weighted by molar-refractivity contribution is 7.13. The Morgan fingerprint density at radius 2 is 1.82 bits per heavy atom. The van der Waals surface area contributed by atoms with Crippen LogP contribution in [-0.2, 0) is 16.1 Å². The number of ether oxygens (including phenoxy) is 1. The molecule has 0 spiro atoms. The van der Waals surface area contributed by atoms with Gasteiger partial charge in [-0.25, -0.2) is 9.78 Å². The molecule has 1 aromatic heterocycles. The van der Waals surface area contributed by atoms with Crippen molar-refractivity contribution < 1.29 is 14.3 Å². The summed E-state index contributed by atoms with van der Waals surface area (Å²) in [5.74, 6) is -1.02. The number of nitrogens with zero attached hydrogens (tertiary/aromatic N) is 1. The lowest BCUT2D eigenvalue weighted by Crippen LogP contribution is -2.30. The number of amides is 1. The first-order valence-corrected chi connectivity index (χ1v) is 9.71. The van der Waals surface area contributed by atoms with E-state index in [4.69, 9.17) is 4.74 Å². The van der Waals surface area contributed by atoms with E-state index in [2.05, 4.69) is 15.6 Å². The number of carbonyl (C=O) groups is 2. The smallest absolute Gasteiger partial charge is 0.358 e. The van der Waals surface area contributed by atoms with Crippen LogP contribution in [0, 0.1) is 6.92 Å². The van der Waals surface area contributed by atoms with Gasteiger partial charge < -0.3 is 15.4 Å². The largest absolute Gasteiger partial charge is 0.448 e. The number of hydrogen-bond donors (Lipinski definition) is 2. The molecule has 0 unspecified atom stereocenters. The molecule has 3 aromatic rings. The van der Waals surface area contributed by atoms with Crippen molar-refractivity contribution in [2.75, 3.05) is 10.6 Å². The van der Waals surface area contributed by atoms with Crippen molar-refractivity contribution in [3.63, 3.8) is 0 Å². The fourth-order valence-corrected chi connectivity index (χ4v) is 3.06. The molecule has 1 atom stereocenters. The zero-order valence-electron chi connectivity index (χ0n) is 15.6. The van der Waals surface area contributed by atoms with Crippen LogP contribution < -0.4 is 10.6 Å². The van der Waals surface area contributed by atoms with E-state index in [1.165, 1.54) is 18.3 Å². The normalized spacial score (nSPS) is 11.5. The molecule has 2 aromatic carbocycles. The predicted octanol–water partition coefficient (Wildman–Crippen LogP) is 4.25. The Bertz CT molecular complexity index is 939. The van der Waals surface area contributed by atoms with Crippen molar-refractivity contribution in [1.82, 2.24) is 4.98 Å². The third-order valence-electron chi connectivity index (χ3n) is 3.97. The molecule has 1 amide bonds. The number of carbonyl (C=O) groups excluding carboxylic acids is 2. The van der Waals surface area contributed by atoms with E-state index in [0.29, 0.717) is 17.4 Å². The van der Waals surface area contributed by atoms with Gasteiger partial charge in [-0.1, -0.05) is 48.0 Å².